The van der Waals surface area contributed by atoms with Crippen molar-refractivity contribution in [3.63, 3.8) is 0 Å². The maximum absolute atomic E-state index is 11.7. The molecule has 0 spiro atoms. The lowest BCUT2D eigenvalue weighted by Gasteiger charge is -2.14. The van der Waals surface area contributed by atoms with E-state index in [1.54, 1.807) is 0 Å². The molecular formula is C21H22N4O2. The number of rotatable bonds is 5. The molecule has 6 nitrogen and oxygen atoms in total. The lowest BCUT2D eigenvalue weighted by Crippen LogP contribution is -2.10. The van der Waals surface area contributed by atoms with Crippen LogP contribution in [-0.4, -0.2) is 16.0 Å². The van der Waals surface area contributed by atoms with Crippen LogP contribution in [0.2, 0.25) is 0 Å². The van der Waals surface area contributed by atoms with Gasteiger partial charge < -0.3 is 15.2 Å². The molecule has 1 unspecified atom stereocenters. The Balaban J connectivity index is 1.44. The van der Waals surface area contributed by atoms with E-state index in [0.717, 1.165) is 35.3 Å². The van der Waals surface area contributed by atoms with Gasteiger partial charge in [0, 0.05) is 24.2 Å². The Morgan fingerprint density at radius 1 is 1.19 bits per heavy atom. The van der Waals surface area contributed by atoms with Crippen LogP contribution in [0, 0.1) is 0 Å². The van der Waals surface area contributed by atoms with Gasteiger partial charge in [-0.15, -0.1) is 0 Å². The molecule has 0 fully saturated rings. The topological polar surface area (TPSA) is 80.0 Å². The summed E-state index contributed by atoms with van der Waals surface area (Å²) >= 11 is 0. The number of fused-ring (bicyclic) bond motifs is 1. The van der Waals surface area contributed by atoms with Crippen molar-refractivity contribution in [1.29, 1.82) is 0 Å². The van der Waals surface area contributed by atoms with E-state index in [-0.39, 0.29) is 11.9 Å². The van der Waals surface area contributed by atoms with Crippen LogP contribution >= 0.6 is 0 Å². The number of carbonyl (C=O) groups excluding carboxylic acids is 1. The third-order valence-corrected chi connectivity index (χ3v) is 4.67. The fourth-order valence-corrected chi connectivity index (χ4v) is 3.27. The highest BCUT2D eigenvalue weighted by Crippen LogP contribution is 2.27. The van der Waals surface area contributed by atoms with Crippen molar-refractivity contribution in [2.45, 2.75) is 38.6 Å². The molecule has 1 atom stereocenters. The van der Waals surface area contributed by atoms with Gasteiger partial charge in [-0.3, -0.25) is 4.79 Å². The van der Waals surface area contributed by atoms with Gasteiger partial charge in [0.15, 0.2) is 5.82 Å². The predicted molar refractivity (Wildman–Crippen MR) is 104 cm³/mol. The molecule has 2 N–H and O–H groups in total. The predicted octanol–water partition coefficient (Wildman–Crippen LogP) is 4.11. The maximum atomic E-state index is 11.7. The van der Waals surface area contributed by atoms with Gasteiger partial charge in [-0.1, -0.05) is 35.5 Å². The molecule has 0 bridgehead atoms. The Morgan fingerprint density at radius 2 is 2.04 bits per heavy atom. The summed E-state index contributed by atoms with van der Waals surface area (Å²) < 4.78 is 5.44. The molecule has 0 saturated carbocycles. The summed E-state index contributed by atoms with van der Waals surface area (Å²) in [6.45, 7) is 1.99. The number of anilines is 2. The second-order valence-electron chi connectivity index (χ2n) is 6.85. The molecule has 3 aromatic rings. The number of hydrogen-bond acceptors (Lipinski definition) is 5. The number of carbonyl (C=O) groups is 1. The second kappa shape index (κ2) is 7.61. The van der Waals surface area contributed by atoms with E-state index in [2.05, 4.69) is 26.8 Å². The third-order valence-electron chi connectivity index (χ3n) is 4.67. The van der Waals surface area contributed by atoms with E-state index in [0.29, 0.717) is 24.6 Å². The summed E-state index contributed by atoms with van der Waals surface area (Å²) in [6, 6.07) is 16.0. The van der Waals surface area contributed by atoms with Crippen LogP contribution in [0.1, 0.15) is 48.6 Å². The van der Waals surface area contributed by atoms with Crippen molar-refractivity contribution < 1.29 is 9.32 Å². The minimum atomic E-state index is -0.111. The first kappa shape index (κ1) is 17.3. The summed E-state index contributed by atoms with van der Waals surface area (Å²) in [5.41, 5.74) is 4.17. The standard InChI is InChI=1S/C21H22N4O2/c1-14(21-24-19(25-27-21)12-15-6-3-2-4-7-15)22-17-10-11-18-16(13-17)8-5-9-20(26)23-18/h2-4,6-7,10-11,13-14,22H,5,8-9,12H2,1H3,(H,23,26). The van der Waals surface area contributed by atoms with Crippen molar-refractivity contribution in [2.24, 2.45) is 0 Å². The maximum Gasteiger partial charge on any atom is 0.248 e. The van der Waals surface area contributed by atoms with Gasteiger partial charge in [0.25, 0.3) is 0 Å². The smallest absolute Gasteiger partial charge is 0.248 e. The van der Waals surface area contributed by atoms with E-state index >= 15 is 0 Å². The molecule has 0 aliphatic carbocycles. The van der Waals surface area contributed by atoms with E-state index in [1.807, 2.05) is 49.4 Å². The number of aryl methyl sites for hydroxylation is 1. The molecule has 1 aliphatic heterocycles. The molecule has 6 heteroatoms. The van der Waals surface area contributed by atoms with Crippen LogP contribution in [0.25, 0.3) is 0 Å². The zero-order valence-electron chi connectivity index (χ0n) is 15.2. The molecule has 27 heavy (non-hydrogen) atoms. The second-order valence-corrected chi connectivity index (χ2v) is 6.85. The Morgan fingerprint density at radius 3 is 2.89 bits per heavy atom. The van der Waals surface area contributed by atoms with Gasteiger partial charge in [0.05, 0.1) is 0 Å². The molecule has 1 amide bonds. The summed E-state index contributed by atoms with van der Waals surface area (Å²) in [5.74, 6) is 1.32. The number of aromatic nitrogens is 2. The van der Waals surface area contributed by atoms with E-state index in [9.17, 15) is 4.79 Å². The first-order valence-corrected chi connectivity index (χ1v) is 9.23. The van der Waals surface area contributed by atoms with Crippen molar-refractivity contribution in [3.8, 4) is 0 Å². The largest absolute Gasteiger partial charge is 0.374 e. The SMILES string of the molecule is CC(Nc1ccc2c(c1)CCCC(=O)N2)c1nc(Cc2ccccc2)no1. The zero-order chi connectivity index (χ0) is 18.6. The van der Waals surface area contributed by atoms with Crippen LogP contribution in [0.5, 0.6) is 0 Å². The molecule has 4 rings (SSSR count). The molecule has 0 radical (unpaired) electrons. The monoisotopic (exact) mass is 362 g/mol. The first-order chi connectivity index (χ1) is 13.2. The number of amides is 1. The highest BCUT2D eigenvalue weighted by atomic mass is 16.5. The Bertz CT molecular complexity index is 936. The van der Waals surface area contributed by atoms with Gasteiger partial charge in [0.1, 0.15) is 6.04 Å². The Kier molecular flexibility index (Phi) is 4.87. The first-order valence-electron chi connectivity index (χ1n) is 9.23. The Hall–Kier alpha value is -3.15. The van der Waals surface area contributed by atoms with E-state index in [1.165, 1.54) is 0 Å². The van der Waals surface area contributed by atoms with Crippen LogP contribution in [0.3, 0.4) is 0 Å². The zero-order valence-corrected chi connectivity index (χ0v) is 15.2. The minimum absolute atomic E-state index is 0.0830. The number of nitrogens with zero attached hydrogens (tertiary/aromatic N) is 2. The average Bonchev–Trinajstić information content (AvgIpc) is 3.05. The van der Waals surface area contributed by atoms with Crippen molar-refractivity contribution in [1.82, 2.24) is 10.1 Å². The lowest BCUT2D eigenvalue weighted by molar-refractivity contribution is -0.116. The van der Waals surface area contributed by atoms with Crippen molar-refractivity contribution >= 4 is 17.3 Å². The van der Waals surface area contributed by atoms with E-state index < -0.39 is 0 Å². The van der Waals surface area contributed by atoms with Crippen LogP contribution < -0.4 is 10.6 Å². The highest BCUT2D eigenvalue weighted by molar-refractivity contribution is 5.92. The summed E-state index contributed by atoms with van der Waals surface area (Å²) in [5, 5.41) is 10.5. The van der Waals surface area contributed by atoms with Gasteiger partial charge in [0.2, 0.25) is 11.8 Å². The van der Waals surface area contributed by atoms with Gasteiger partial charge in [-0.2, -0.15) is 4.98 Å². The van der Waals surface area contributed by atoms with Crippen LogP contribution in [0.15, 0.2) is 53.1 Å². The number of nitrogens with one attached hydrogen (secondary N) is 2. The normalized spacial score (nSPS) is 14.8. The molecule has 138 valence electrons. The van der Waals surface area contributed by atoms with Gasteiger partial charge in [-0.05, 0) is 49.1 Å². The Labute approximate surface area is 158 Å². The summed E-state index contributed by atoms with van der Waals surface area (Å²) in [6.07, 6.45) is 2.97. The number of benzene rings is 2. The van der Waals surface area contributed by atoms with Gasteiger partial charge in [-0.25, -0.2) is 0 Å². The third kappa shape index (κ3) is 4.16. The van der Waals surface area contributed by atoms with Crippen LogP contribution in [0.4, 0.5) is 11.4 Å². The average molecular weight is 362 g/mol. The summed E-state index contributed by atoms with van der Waals surface area (Å²) in [4.78, 5) is 16.2. The minimum Gasteiger partial charge on any atom is -0.374 e. The highest BCUT2D eigenvalue weighted by Gasteiger charge is 2.17. The molecule has 1 aromatic heterocycles. The van der Waals surface area contributed by atoms with Crippen LogP contribution in [-0.2, 0) is 17.6 Å². The van der Waals surface area contributed by atoms with Crippen molar-refractivity contribution in [2.75, 3.05) is 10.6 Å². The molecule has 2 heterocycles. The molecule has 0 saturated heterocycles. The summed E-state index contributed by atoms with van der Waals surface area (Å²) in [7, 11) is 0. The molecular weight excluding hydrogens is 340 g/mol. The molecule has 2 aromatic carbocycles. The molecule has 1 aliphatic rings. The fourth-order valence-electron chi connectivity index (χ4n) is 3.27. The van der Waals surface area contributed by atoms with Crippen molar-refractivity contribution in [3.05, 3.63) is 71.4 Å². The van der Waals surface area contributed by atoms with Gasteiger partial charge >= 0.3 is 0 Å². The quantitative estimate of drug-likeness (QED) is 0.714. The lowest BCUT2D eigenvalue weighted by atomic mass is 10.1. The van der Waals surface area contributed by atoms with E-state index in [4.69, 9.17) is 4.52 Å². The fraction of sp³-hybridized carbons (Fsp3) is 0.286. The number of hydrogen-bond donors (Lipinski definition) is 2.